The average molecular weight is 238 g/mol. The van der Waals surface area contributed by atoms with E-state index in [1.807, 2.05) is 13.8 Å². The first kappa shape index (κ1) is 15.5. The van der Waals surface area contributed by atoms with Crippen LogP contribution < -0.4 is 0 Å². The SMILES string of the molecule is CCCC=CCC(O)(CCCC)C(F)(F)F. The summed E-state index contributed by atoms with van der Waals surface area (Å²) in [6, 6.07) is 0. The van der Waals surface area contributed by atoms with E-state index >= 15 is 0 Å². The second-order valence-corrected chi connectivity index (χ2v) is 4.10. The molecule has 0 rings (SSSR count). The molecule has 0 aliphatic heterocycles. The molecule has 0 aromatic rings. The summed E-state index contributed by atoms with van der Waals surface area (Å²) in [6.45, 7) is 3.76. The first-order valence-corrected chi connectivity index (χ1v) is 5.81. The number of alkyl halides is 3. The Kier molecular flexibility index (Phi) is 6.72. The number of unbranched alkanes of at least 4 members (excludes halogenated alkanes) is 2. The Hall–Kier alpha value is -0.510. The molecule has 0 spiro atoms. The molecule has 0 saturated carbocycles. The van der Waals surface area contributed by atoms with Crippen molar-refractivity contribution in [2.75, 3.05) is 0 Å². The van der Waals surface area contributed by atoms with E-state index in [2.05, 4.69) is 0 Å². The summed E-state index contributed by atoms with van der Waals surface area (Å²) in [7, 11) is 0. The molecule has 1 nitrogen and oxygen atoms in total. The van der Waals surface area contributed by atoms with Crippen molar-refractivity contribution in [3.8, 4) is 0 Å². The molecule has 0 bridgehead atoms. The van der Waals surface area contributed by atoms with Crippen molar-refractivity contribution in [3.63, 3.8) is 0 Å². The number of rotatable bonds is 7. The molecule has 0 aromatic heterocycles. The van der Waals surface area contributed by atoms with E-state index in [1.54, 1.807) is 6.08 Å². The molecule has 0 radical (unpaired) electrons. The van der Waals surface area contributed by atoms with Crippen molar-refractivity contribution in [2.45, 2.75) is 64.1 Å². The highest BCUT2D eigenvalue weighted by Crippen LogP contribution is 2.37. The lowest BCUT2D eigenvalue weighted by molar-refractivity contribution is -0.261. The van der Waals surface area contributed by atoms with Crippen LogP contribution >= 0.6 is 0 Å². The number of halogens is 3. The Bertz CT molecular complexity index is 211. The molecular formula is C12H21F3O. The Labute approximate surface area is 95.4 Å². The van der Waals surface area contributed by atoms with Crippen LogP contribution in [-0.2, 0) is 0 Å². The molecule has 16 heavy (non-hydrogen) atoms. The maximum absolute atomic E-state index is 12.7. The lowest BCUT2D eigenvalue weighted by Gasteiger charge is -2.29. The third-order valence-electron chi connectivity index (χ3n) is 2.55. The standard InChI is InChI=1S/C12H21F3O/c1-3-5-7-8-10-11(16,9-6-4-2)12(13,14)15/h7-8,16H,3-6,9-10H2,1-2H3. The molecule has 0 aliphatic carbocycles. The molecule has 1 N–H and O–H groups in total. The van der Waals surface area contributed by atoms with E-state index in [0.717, 1.165) is 12.8 Å². The van der Waals surface area contributed by atoms with Gasteiger partial charge in [-0.25, -0.2) is 0 Å². The topological polar surface area (TPSA) is 20.2 Å². The van der Waals surface area contributed by atoms with Gasteiger partial charge in [0.15, 0.2) is 5.60 Å². The minimum absolute atomic E-state index is 0.219. The second kappa shape index (κ2) is 6.94. The molecule has 96 valence electrons. The number of hydrogen-bond acceptors (Lipinski definition) is 1. The van der Waals surface area contributed by atoms with Crippen LogP contribution in [0.5, 0.6) is 0 Å². The molecule has 1 atom stereocenters. The zero-order valence-electron chi connectivity index (χ0n) is 9.98. The van der Waals surface area contributed by atoms with Crippen LogP contribution in [0.4, 0.5) is 13.2 Å². The van der Waals surface area contributed by atoms with Crippen LogP contribution in [0.1, 0.15) is 52.4 Å². The van der Waals surface area contributed by atoms with Gasteiger partial charge in [0.2, 0.25) is 0 Å². The largest absolute Gasteiger partial charge is 0.417 e. The van der Waals surface area contributed by atoms with Crippen LogP contribution in [0.3, 0.4) is 0 Å². The second-order valence-electron chi connectivity index (χ2n) is 4.10. The molecule has 0 aromatic carbocycles. The van der Waals surface area contributed by atoms with Gasteiger partial charge >= 0.3 is 6.18 Å². The molecule has 0 amide bonds. The van der Waals surface area contributed by atoms with Gasteiger partial charge in [-0.05, 0) is 12.8 Å². The Morgan fingerprint density at radius 3 is 2.12 bits per heavy atom. The summed E-state index contributed by atoms with van der Waals surface area (Å²) in [5.74, 6) is 0. The summed E-state index contributed by atoms with van der Waals surface area (Å²) < 4.78 is 38.0. The van der Waals surface area contributed by atoms with Gasteiger partial charge in [-0.15, -0.1) is 0 Å². The third-order valence-corrected chi connectivity index (χ3v) is 2.55. The smallest absolute Gasteiger partial charge is 0.380 e. The fourth-order valence-corrected chi connectivity index (χ4v) is 1.39. The predicted octanol–water partition coefficient (Wildman–Crippen LogP) is 4.22. The molecule has 0 heterocycles. The first-order valence-electron chi connectivity index (χ1n) is 5.81. The minimum Gasteiger partial charge on any atom is -0.380 e. The van der Waals surface area contributed by atoms with Gasteiger partial charge in [-0.2, -0.15) is 13.2 Å². The van der Waals surface area contributed by atoms with Gasteiger partial charge in [0.1, 0.15) is 0 Å². The Morgan fingerprint density at radius 2 is 1.69 bits per heavy atom. The normalized spacial score (nSPS) is 16.6. The highest BCUT2D eigenvalue weighted by molar-refractivity contribution is 4.95. The van der Waals surface area contributed by atoms with E-state index < -0.39 is 11.8 Å². The van der Waals surface area contributed by atoms with E-state index in [4.69, 9.17) is 0 Å². The van der Waals surface area contributed by atoms with Gasteiger partial charge in [0.25, 0.3) is 0 Å². The summed E-state index contributed by atoms with van der Waals surface area (Å²) in [6.07, 6.45) is 0.723. The lowest BCUT2D eigenvalue weighted by atomic mass is 9.92. The van der Waals surface area contributed by atoms with Crippen molar-refractivity contribution in [2.24, 2.45) is 0 Å². The molecule has 0 fully saturated rings. The number of aliphatic hydroxyl groups is 1. The van der Waals surface area contributed by atoms with Gasteiger partial charge in [0, 0.05) is 6.42 Å². The van der Waals surface area contributed by atoms with Crippen LogP contribution in [0.2, 0.25) is 0 Å². The summed E-state index contributed by atoms with van der Waals surface area (Å²) in [4.78, 5) is 0. The third kappa shape index (κ3) is 5.01. The minimum atomic E-state index is -4.54. The van der Waals surface area contributed by atoms with Crippen molar-refractivity contribution >= 4 is 0 Å². The number of hydrogen-bond donors (Lipinski definition) is 1. The summed E-state index contributed by atoms with van der Waals surface area (Å²) in [5, 5.41) is 9.60. The molecular weight excluding hydrogens is 217 g/mol. The molecule has 4 heteroatoms. The fraction of sp³-hybridized carbons (Fsp3) is 0.833. The maximum atomic E-state index is 12.7. The number of allylic oxidation sites excluding steroid dienone is 1. The Balaban J connectivity index is 4.42. The van der Waals surface area contributed by atoms with E-state index in [0.29, 0.717) is 12.8 Å². The van der Waals surface area contributed by atoms with Crippen LogP contribution in [0, 0.1) is 0 Å². The fourth-order valence-electron chi connectivity index (χ4n) is 1.39. The Morgan fingerprint density at radius 1 is 1.06 bits per heavy atom. The predicted molar refractivity (Wildman–Crippen MR) is 59.2 cm³/mol. The lowest BCUT2D eigenvalue weighted by Crippen LogP contribution is -2.44. The molecule has 1 unspecified atom stereocenters. The van der Waals surface area contributed by atoms with E-state index in [9.17, 15) is 18.3 Å². The van der Waals surface area contributed by atoms with Gasteiger partial charge < -0.3 is 5.11 Å². The average Bonchev–Trinajstić information content (AvgIpc) is 2.20. The zero-order chi connectivity index (χ0) is 12.7. The molecule has 0 saturated heterocycles. The molecule has 0 aliphatic rings. The van der Waals surface area contributed by atoms with Gasteiger partial charge in [-0.1, -0.05) is 45.3 Å². The van der Waals surface area contributed by atoms with Crippen molar-refractivity contribution in [1.82, 2.24) is 0 Å². The van der Waals surface area contributed by atoms with Gasteiger partial charge in [-0.3, -0.25) is 0 Å². The van der Waals surface area contributed by atoms with E-state index in [1.165, 1.54) is 6.08 Å². The van der Waals surface area contributed by atoms with Gasteiger partial charge in [0.05, 0.1) is 0 Å². The van der Waals surface area contributed by atoms with E-state index in [-0.39, 0.29) is 12.8 Å². The van der Waals surface area contributed by atoms with Crippen molar-refractivity contribution < 1.29 is 18.3 Å². The summed E-state index contributed by atoms with van der Waals surface area (Å²) in [5.41, 5.74) is -2.55. The van der Waals surface area contributed by atoms with Crippen molar-refractivity contribution in [1.29, 1.82) is 0 Å². The van der Waals surface area contributed by atoms with Crippen LogP contribution in [0.15, 0.2) is 12.2 Å². The van der Waals surface area contributed by atoms with Crippen molar-refractivity contribution in [3.05, 3.63) is 12.2 Å². The first-order chi connectivity index (χ1) is 7.37. The van der Waals surface area contributed by atoms with Crippen LogP contribution in [0.25, 0.3) is 0 Å². The quantitative estimate of drug-likeness (QED) is 0.658. The highest BCUT2D eigenvalue weighted by atomic mass is 19.4. The van der Waals surface area contributed by atoms with Crippen LogP contribution in [-0.4, -0.2) is 16.9 Å². The summed E-state index contributed by atoms with van der Waals surface area (Å²) >= 11 is 0. The maximum Gasteiger partial charge on any atom is 0.417 e. The monoisotopic (exact) mass is 238 g/mol. The zero-order valence-corrected chi connectivity index (χ0v) is 9.98. The highest BCUT2D eigenvalue weighted by Gasteiger charge is 2.51.